The van der Waals surface area contributed by atoms with Crippen molar-refractivity contribution in [3.8, 4) is 0 Å². The van der Waals surface area contributed by atoms with Crippen LogP contribution in [0.5, 0.6) is 0 Å². The van der Waals surface area contributed by atoms with Crippen molar-refractivity contribution in [3.05, 3.63) is 35.4 Å². The highest BCUT2D eigenvalue weighted by molar-refractivity contribution is 6.21. The minimum absolute atomic E-state index is 0.0663. The van der Waals surface area contributed by atoms with E-state index in [-0.39, 0.29) is 16.8 Å². The molecule has 1 aliphatic rings. The minimum atomic E-state index is -4.38. The molecule has 0 saturated carbocycles. The second-order valence-corrected chi connectivity index (χ2v) is 4.83. The second kappa shape index (κ2) is 4.80. The van der Waals surface area contributed by atoms with Crippen LogP contribution in [0.4, 0.5) is 13.2 Å². The van der Waals surface area contributed by atoms with Gasteiger partial charge in [0.1, 0.15) is 0 Å². The van der Waals surface area contributed by atoms with Gasteiger partial charge in [-0.2, -0.15) is 13.2 Å². The molecule has 0 N–H and O–H groups in total. The average Bonchev–Trinajstić information content (AvgIpc) is 2.74. The topological polar surface area (TPSA) is 20.3 Å². The molecule has 0 spiro atoms. The third-order valence-electron chi connectivity index (χ3n) is 2.88. The number of carbonyl (C=O) groups is 1. The molecular formula is C12H11ClF3NO. The quantitative estimate of drug-likeness (QED) is 0.722. The van der Waals surface area contributed by atoms with E-state index in [0.717, 1.165) is 12.1 Å². The van der Waals surface area contributed by atoms with Crippen LogP contribution in [0.3, 0.4) is 0 Å². The summed E-state index contributed by atoms with van der Waals surface area (Å²) in [5, 5.41) is -0.0663. The Morgan fingerprint density at radius 3 is 2.33 bits per heavy atom. The zero-order chi connectivity index (χ0) is 13.3. The van der Waals surface area contributed by atoms with Crippen molar-refractivity contribution < 1.29 is 18.0 Å². The zero-order valence-corrected chi connectivity index (χ0v) is 10.1. The number of hydrogen-bond acceptors (Lipinski definition) is 1. The van der Waals surface area contributed by atoms with E-state index in [2.05, 4.69) is 0 Å². The third-order valence-corrected chi connectivity index (χ3v) is 3.23. The molecule has 6 heteroatoms. The van der Waals surface area contributed by atoms with Gasteiger partial charge in [-0.1, -0.05) is 0 Å². The number of benzene rings is 1. The van der Waals surface area contributed by atoms with Gasteiger partial charge in [0.2, 0.25) is 0 Å². The molecule has 1 fully saturated rings. The predicted octanol–water partition coefficient (Wildman–Crippen LogP) is 3.16. The molecule has 1 aliphatic heterocycles. The standard InChI is InChI=1S/C12H11ClF3NO/c13-10-5-6-17(7-10)11(18)8-1-3-9(4-2-8)12(14,15)16/h1-4,10H,5-7H2. The van der Waals surface area contributed by atoms with E-state index in [9.17, 15) is 18.0 Å². The summed E-state index contributed by atoms with van der Waals surface area (Å²) in [5.41, 5.74) is -0.496. The molecule has 1 heterocycles. The summed E-state index contributed by atoms with van der Waals surface area (Å²) < 4.78 is 37.1. The number of likely N-dealkylation sites (tertiary alicyclic amines) is 1. The van der Waals surface area contributed by atoms with Gasteiger partial charge in [0.25, 0.3) is 5.91 Å². The van der Waals surface area contributed by atoms with E-state index in [1.165, 1.54) is 12.1 Å². The lowest BCUT2D eigenvalue weighted by atomic mass is 10.1. The summed E-state index contributed by atoms with van der Waals surface area (Å²) in [4.78, 5) is 13.5. The van der Waals surface area contributed by atoms with Gasteiger partial charge < -0.3 is 4.90 Å². The Labute approximate surface area is 107 Å². The van der Waals surface area contributed by atoms with Gasteiger partial charge in [-0.3, -0.25) is 4.79 Å². The maximum Gasteiger partial charge on any atom is 0.416 e. The van der Waals surface area contributed by atoms with Crippen LogP contribution in [0.25, 0.3) is 0 Å². The summed E-state index contributed by atoms with van der Waals surface area (Å²) in [6, 6.07) is 4.24. The first kappa shape index (κ1) is 13.2. The number of halogens is 4. The van der Waals surface area contributed by atoms with E-state index in [0.29, 0.717) is 19.5 Å². The number of alkyl halides is 4. The van der Waals surface area contributed by atoms with Gasteiger partial charge in [0.05, 0.1) is 10.9 Å². The van der Waals surface area contributed by atoms with Crippen molar-refractivity contribution in [2.24, 2.45) is 0 Å². The molecule has 1 unspecified atom stereocenters. The Kier molecular flexibility index (Phi) is 3.52. The fraction of sp³-hybridized carbons (Fsp3) is 0.417. The molecule has 0 aliphatic carbocycles. The molecule has 0 bridgehead atoms. The molecule has 1 amide bonds. The Bertz CT molecular complexity index is 444. The lowest BCUT2D eigenvalue weighted by Crippen LogP contribution is -2.28. The molecule has 2 nitrogen and oxygen atoms in total. The second-order valence-electron chi connectivity index (χ2n) is 4.21. The fourth-order valence-electron chi connectivity index (χ4n) is 1.89. The summed E-state index contributed by atoms with van der Waals surface area (Å²) >= 11 is 5.88. The molecule has 18 heavy (non-hydrogen) atoms. The van der Waals surface area contributed by atoms with Crippen molar-refractivity contribution in [1.82, 2.24) is 4.90 Å². The monoisotopic (exact) mass is 277 g/mol. The summed E-state index contributed by atoms with van der Waals surface area (Å²) in [5.74, 6) is -0.271. The highest BCUT2D eigenvalue weighted by atomic mass is 35.5. The van der Waals surface area contributed by atoms with E-state index in [4.69, 9.17) is 11.6 Å². The molecular weight excluding hydrogens is 267 g/mol. The van der Waals surface area contributed by atoms with Crippen LogP contribution in [-0.2, 0) is 6.18 Å². The molecule has 0 radical (unpaired) electrons. The summed E-state index contributed by atoms with van der Waals surface area (Å²) in [7, 11) is 0. The lowest BCUT2D eigenvalue weighted by molar-refractivity contribution is -0.137. The Morgan fingerprint density at radius 1 is 1.28 bits per heavy atom. The molecule has 98 valence electrons. The van der Waals surface area contributed by atoms with Crippen LogP contribution in [-0.4, -0.2) is 29.3 Å². The van der Waals surface area contributed by atoms with E-state index in [1.807, 2.05) is 0 Å². The minimum Gasteiger partial charge on any atom is -0.337 e. The maximum atomic E-state index is 12.4. The molecule has 1 aromatic carbocycles. The predicted molar refractivity (Wildman–Crippen MR) is 61.6 cm³/mol. The Morgan fingerprint density at radius 2 is 1.89 bits per heavy atom. The number of rotatable bonds is 1. The van der Waals surface area contributed by atoms with Crippen LogP contribution in [0.1, 0.15) is 22.3 Å². The molecule has 1 saturated heterocycles. The first-order chi connectivity index (χ1) is 8.38. The largest absolute Gasteiger partial charge is 0.416 e. The summed E-state index contributed by atoms with van der Waals surface area (Å²) in [6.07, 6.45) is -3.66. The van der Waals surface area contributed by atoms with Gasteiger partial charge in [-0.05, 0) is 30.7 Å². The van der Waals surface area contributed by atoms with Crippen molar-refractivity contribution in [1.29, 1.82) is 0 Å². The van der Waals surface area contributed by atoms with E-state index >= 15 is 0 Å². The van der Waals surface area contributed by atoms with E-state index < -0.39 is 11.7 Å². The number of carbonyl (C=O) groups excluding carboxylic acids is 1. The Hall–Kier alpha value is -1.23. The summed E-state index contributed by atoms with van der Waals surface area (Å²) in [6.45, 7) is 0.995. The first-order valence-electron chi connectivity index (χ1n) is 5.48. The SMILES string of the molecule is O=C(c1ccc(C(F)(F)F)cc1)N1CCC(Cl)C1. The van der Waals surface area contributed by atoms with Crippen LogP contribution in [0, 0.1) is 0 Å². The number of hydrogen-bond donors (Lipinski definition) is 0. The number of amides is 1. The van der Waals surface area contributed by atoms with Crippen molar-refractivity contribution in [3.63, 3.8) is 0 Å². The number of nitrogens with zero attached hydrogens (tertiary/aromatic N) is 1. The normalized spacial score (nSPS) is 20.2. The van der Waals surface area contributed by atoms with Crippen molar-refractivity contribution >= 4 is 17.5 Å². The van der Waals surface area contributed by atoms with Crippen LogP contribution < -0.4 is 0 Å². The lowest BCUT2D eigenvalue weighted by Gasteiger charge is -2.16. The maximum absolute atomic E-state index is 12.4. The van der Waals surface area contributed by atoms with Gasteiger partial charge >= 0.3 is 6.18 Å². The zero-order valence-electron chi connectivity index (χ0n) is 9.38. The fourth-order valence-corrected chi connectivity index (χ4v) is 2.15. The molecule has 1 atom stereocenters. The first-order valence-corrected chi connectivity index (χ1v) is 5.92. The van der Waals surface area contributed by atoms with Gasteiger partial charge in [-0.15, -0.1) is 11.6 Å². The highest BCUT2D eigenvalue weighted by Crippen LogP contribution is 2.29. The van der Waals surface area contributed by atoms with Crippen LogP contribution in [0.15, 0.2) is 24.3 Å². The van der Waals surface area contributed by atoms with Crippen molar-refractivity contribution in [2.75, 3.05) is 13.1 Å². The Balaban J connectivity index is 2.12. The smallest absolute Gasteiger partial charge is 0.337 e. The third kappa shape index (κ3) is 2.77. The van der Waals surface area contributed by atoms with Crippen LogP contribution >= 0.6 is 11.6 Å². The van der Waals surface area contributed by atoms with Crippen molar-refractivity contribution in [2.45, 2.75) is 18.0 Å². The molecule has 2 rings (SSSR count). The van der Waals surface area contributed by atoms with Gasteiger partial charge in [0, 0.05) is 18.7 Å². The van der Waals surface area contributed by atoms with Crippen LogP contribution in [0.2, 0.25) is 0 Å². The average molecular weight is 278 g/mol. The highest BCUT2D eigenvalue weighted by Gasteiger charge is 2.31. The molecule has 1 aromatic rings. The molecule has 0 aromatic heterocycles. The van der Waals surface area contributed by atoms with Gasteiger partial charge in [0.15, 0.2) is 0 Å². The van der Waals surface area contributed by atoms with Gasteiger partial charge in [-0.25, -0.2) is 0 Å². The van der Waals surface area contributed by atoms with E-state index in [1.54, 1.807) is 4.90 Å².